The molecule has 1 fully saturated rings. The van der Waals surface area contributed by atoms with E-state index in [1.807, 2.05) is 0 Å². The summed E-state index contributed by atoms with van der Waals surface area (Å²) in [6.07, 6.45) is -6.75. The van der Waals surface area contributed by atoms with E-state index in [4.69, 9.17) is 25.5 Å². The molecular weight excluding hydrogens is 168 g/mol. The van der Waals surface area contributed by atoms with E-state index in [2.05, 4.69) is 4.74 Å². The van der Waals surface area contributed by atoms with E-state index in [0.29, 0.717) is 0 Å². The van der Waals surface area contributed by atoms with E-state index < -0.39 is 37.3 Å². The first kappa shape index (κ1) is 9.85. The summed E-state index contributed by atoms with van der Waals surface area (Å²) in [6, 6.07) is 0. The molecule has 1 heterocycles. The van der Waals surface area contributed by atoms with Crippen molar-refractivity contribution < 1.29 is 30.3 Å². The summed E-state index contributed by atoms with van der Waals surface area (Å²) in [4.78, 5) is 0. The zero-order chi connectivity index (χ0) is 9.30. The van der Waals surface area contributed by atoms with Gasteiger partial charge in [0, 0.05) is 0 Å². The van der Waals surface area contributed by atoms with Crippen LogP contribution in [0.5, 0.6) is 0 Å². The number of aliphatic hydroxyl groups excluding tert-OH is 5. The van der Waals surface area contributed by atoms with Crippen LogP contribution in [-0.2, 0) is 4.74 Å². The fourth-order valence-corrected chi connectivity index (χ4v) is 1.11. The van der Waals surface area contributed by atoms with Crippen LogP contribution >= 0.6 is 0 Å². The van der Waals surface area contributed by atoms with Crippen molar-refractivity contribution in [1.82, 2.24) is 0 Å². The zero-order valence-electron chi connectivity index (χ0n) is 6.24. The van der Waals surface area contributed by atoms with Gasteiger partial charge in [0.05, 0.1) is 6.61 Å². The van der Waals surface area contributed by atoms with Crippen LogP contribution in [0.2, 0.25) is 0 Å². The van der Waals surface area contributed by atoms with Gasteiger partial charge in [-0.1, -0.05) is 0 Å². The molecule has 1 aliphatic rings. The highest BCUT2D eigenvalue weighted by Crippen LogP contribution is 2.21. The molecule has 0 aromatic heterocycles. The van der Waals surface area contributed by atoms with Gasteiger partial charge < -0.3 is 30.3 Å². The SMILES string of the molecule is OC[C@@H](O)[C@H]1O[C@@H](O)[C@@H](O)[C@H]1O. The number of hydrogen-bond donors (Lipinski definition) is 5. The van der Waals surface area contributed by atoms with E-state index in [1.54, 1.807) is 0 Å². The minimum atomic E-state index is -1.51. The highest BCUT2D eigenvalue weighted by atomic mass is 16.6. The molecule has 0 saturated carbocycles. The smallest absolute Gasteiger partial charge is 0.184 e. The maximum atomic E-state index is 9.12. The topological polar surface area (TPSA) is 110 Å². The molecule has 0 spiro atoms. The molecular formula is C6H12O6. The fourth-order valence-electron chi connectivity index (χ4n) is 1.11. The lowest BCUT2D eigenvalue weighted by molar-refractivity contribution is -0.150. The Balaban J connectivity index is 2.58. The second kappa shape index (κ2) is 3.65. The normalized spacial score (nSPS) is 44.8. The Morgan fingerprint density at radius 3 is 2.08 bits per heavy atom. The molecule has 6 heteroatoms. The Hall–Kier alpha value is -0.240. The maximum Gasteiger partial charge on any atom is 0.184 e. The summed E-state index contributed by atoms with van der Waals surface area (Å²) in [5.74, 6) is 0. The first-order chi connectivity index (χ1) is 5.57. The largest absolute Gasteiger partial charge is 0.394 e. The van der Waals surface area contributed by atoms with Crippen LogP contribution in [0.1, 0.15) is 0 Å². The number of hydrogen-bond acceptors (Lipinski definition) is 6. The number of rotatable bonds is 2. The number of ether oxygens (including phenoxy) is 1. The Bertz CT molecular complexity index is 151. The Labute approximate surface area is 68.6 Å². The second-order valence-electron chi connectivity index (χ2n) is 2.72. The van der Waals surface area contributed by atoms with E-state index in [-0.39, 0.29) is 0 Å². The Morgan fingerprint density at radius 1 is 1.17 bits per heavy atom. The van der Waals surface area contributed by atoms with Crippen molar-refractivity contribution in [2.24, 2.45) is 0 Å². The average molecular weight is 180 g/mol. The lowest BCUT2D eigenvalue weighted by atomic mass is 10.1. The molecule has 0 radical (unpaired) electrons. The van der Waals surface area contributed by atoms with E-state index in [9.17, 15) is 0 Å². The van der Waals surface area contributed by atoms with E-state index >= 15 is 0 Å². The third kappa shape index (κ3) is 1.58. The Kier molecular flexibility index (Phi) is 2.99. The van der Waals surface area contributed by atoms with Crippen molar-refractivity contribution in [3.63, 3.8) is 0 Å². The molecule has 12 heavy (non-hydrogen) atoms. The van der Waals surface area contributed by atoms with Crippen LogP contribution in [0.15, 0.2) is 0 Å². The summed E-state index contributed by atoms with van der Waals surface area (Å²) in [7, 11) is 0. The van der Waals surface area contributed by atoms with Gasteiger partial charge in [0.2, 0.25) is 0 Å². The van der Waals surface area contributed by atoms with E-state index in [1.165, 1.54) is 0 Å². The number of aliphatic hydroxyl groups is 5. The molecule has 0 aliphatic carbocycles. The lowest BCUT2D eigenvalue weighted by Crippen LogP contribution is -2.40. The van der Waals surface area contributed by atoms with Gasteiger partial charge in [-0.15, -0.1) is 0 Å². The summed E-state index contributed by atoms with van der Waals surface area (Å²) in [5, 5.41) is 44.4. The molecule has 0 aromatic carbocycles. The van der Waals surface area contributed by atoms with Gasteiger partial charge in [-0.05, 0) is 0 Å². The van der Waals surface area contributed by atoms with Crippen LogP contribution in [0.4, 0.5) is 0 Å². The minimum Gasteiger partial charge on any atom is -0.394 e. The predicted octanol–water partition coefficient (Wildman–Crippen LogP) is -3.22. The summed E-state index contributed by atoms with van der Waals surface area (Å²) in [5.41, 5.74) is 0. The monoisotopic (exact) mass is 180 g/mol. The van der Waals surface area contributed by atoms with Crippen molar-refractivity contribution in [1.29, 1.82) is 0 Å². The zero-order valence-corrected chi connectivity index (χ0v) is 6.24. The third-order valence-corrected chi connectivity index (χ3v) is 1.84. The van der Waals surface area contributed by atoms with Crippen molar-refractivity contribution >= 4 is 0 Å². The average Bonchev–Trinajstić information content (AvgIpc) is 2.32. The third-order valence-electron chi connectivity index (χ3n) is 1.84. The van der Waals surface area contributed by atoms with E-state index in [0.717, 1.165) is 0 Å². The first-order valence-corrected chi connectivity index (χ1v) is 3.56. The molecule has 6 nitrogen and oxygen atoms in total. The lowest BCUT2D eigenvalue weighted by Gasteiger charge is -2.18. The van der Waals surface area contributed by atoms with Gasteiger partial charge in [-0.2, -0.15) is 0 Å². The van der Waals surface area contributed by atoms with Crippen LogP contribution in [0.3, 0.4) is 0 Å². The van der Waals surface area contributed by atoms with Crippen LogP contribution in [-0.4, -0.2) is 62.8 Å². The molecule has 1 rings (SSSR count). The molecule has 72 valence electrons. The van der Waals surface area contributed by atoms with Gasteiger partial charge in [-0.3, -0.25) is 0 Å². The molecule has 0 amide bonds. The summed E-state index contributed by atoms with van der Waals surface area (Å²) in [6.45, 7) is -0.596. The highest BCUT2D eigenvalue weighted by molar-refractivity contribution is 4.89. The molecule has 0 unspecified atom stereocenters. The van der Waals surface area contributed by atoms with Crippen LogP contribution < -0.4 is 0 Å². The predicted molar refractivity (Wildman–Crippen MR) is 36.0 cm³/mol. The molecule has 1 saturated heterocycles. The van der Waals surface area contributed by atoms with Gasteiger partial charge in [0.15, 0.2) is 6.29 Å². The summed E-state index contributed by atoms with van der Waals surface area (Å²) >= 11 is 0. The molecule has 5 N–H and O–H groups in total. The van der Waals surface area contributed by atoms with Crippen molar-refractivity contribution in [3.05, 3.63) is 0 Å². The van der Waals surface area contributed by atoms with Crippen molar-refractivity contribution in [3.8, 4) is 0 Å². The quantitative estimate of drug-likeness (QED) is 0.306. The van der Waals surface area contributed by atoms with Crippen molar-refractivity contribution in [2.75, 3.05) is 6.61 Å². The van der Waals surface area contributed by atoms with Gasteiger partial charge in [-0.25, -0.2) is 0 Å². The standard InChI is InChI=1S/C6H12O6/c7-1-2(8)5-3(9)4(10)6(11)12-5/h2-11H,1H2/t2-,3-,4+,5-,6-/m1/s1. The van der Waals surface area contributed by atoms with Crippen LogP contribution in [0, 0.1) is 0 Å². The fraction of sp³-hybridized carbons (Fsp3) is 1.00. The van der Waals surface area contributed by atoms with Gasteiger partial charge in [0.1, 0.15) is 24.4 Å². The molecule has 5 atom stereocenters. The first-order valence-electron chi connectivity index (χ1n) is 3.56. The Morgan fingerprint density at radius 2 is 1.75 bits per heavy atom. The molecule has 0 aromatic rings. The highest BCUT2D eigenvalue weighted by Gasteiger charge is 2.44. The van der Waals surface area contributed by atoms with Crippen LogP contribution in [0.25, 0.3) is 0 Å². The second-order valence-corrected chi connectivity index (χ2v) is 2.72. The molecule has 0 bridgehead atoms. The summed E-state index contributed by atoms with van der Waals surface area (Å²) < 4.78 is 4.58. The molecule has 1 aliphatic heterocycles. The van der Waals surface area contributed by atoms with Gasteiger partial charge >= 0.3 is 0 Å². The maximum absolute atomic E-state index is 9.12. The minimum absolute atomic E-state index is 0.596. The van der Waals surface area contributed by atoms with Crippen molar-refractivity contribution in [2.45, 2.75) is 30.7 Å². The van der Waals surface area contributed by atoms with Gasteiger partial charge in [0.25, 0.3) is 0 Å².